The number of hydrogen-bond donors (Lipinski definition) is 1. The third-order valence-electron chi connectivity index (χ3n) is 8.20. The SMILES string of the molecule is C[C@H]1Cc2c(ncnc2Oc2ccc3c(ccn3C(=O)Nc3cc(C4(C)CC4)nn3C(=O)OC(C)(C)C)c2)CN1C(=O)OC(C)(C)C. The quantitative estimate of drug-likeness (QED) is 0.248. The van der Waals surface area contributed by atoms with Gasteiger partial charge in [0.1, 0.15) is 29.1 Å². The second-order valence-corrected chi connectivity index (χ2v) is 14.6. The van der Waals surface area contributed by atoms with Gasteiger partial charge in [-0.3, -0.25) is 14.8 Å². The summed E-state index contributed by atoms with van der Waals surface area (Å²) in [5, 5.41) is 8.11. The molecule has 4 aromatic rings. The summed E-state index contributed by atoms with van der Waals surface area (Å²) in [6.45, 7) is 15.2. The summed E-state index contributed by atoms with van der Waals surface area (Å²) >= 11 is 0. The first-order valence-corrected chi connectivity index (χ1v) is 15.8. The van der Waals surface area contributed by atoms with E-state index in [0.29, 0.717) is 29.3 Å². The first-order valence-electron chi connectivity index (χ1n) is 15.8. The van der Waals surface area contributed by atoms with Crippen LogP contribution in [0.4, 0.5) is 20.2 Å². The number of amides is 2. The Labute approximate surface area is 273 Å². The molecule has 0 spiro atoms. The molecular weight excluding hydrogens is 602 g/mol. The highest BCUT2D eigenvalue weighted by atomic mass is 16.6. The fourth-order valence-corrected chi connectivity index (χ4v) is 5.44. The lowest BCUT2D eigenvalue weighted by molar-refractivity contribution is 0.0132. The minimum Gasteiger partial charge on any atom is -0.444 e. The van der Waals surface area contributed by atoms with Crippen molar-refractivity contribution in [3.05, 3.63) is 59.8 Å². The van der Waals surface area contributed by atoms with Crippen molar-refractivity contribution >= 4 is 34.9 Å². The number of benzene rings is 1. The molecule has 1 atom stereocenters. The zero-order chi connectivity index (χ0) is 33.9. The van der Waals surface area contributed by atoms with E-state index in [1.165, 1.54) is 10.9 Å². The van der Waals surface area contributed by atoms with Gasteiger partial charge in [0.05, 0.1) is 23.4 Å². The maximum atomic E-state index is 13.5. The largest absolute Gasteiger partial charge is 0.444 e. The molecular formula is C34H41N7O6. The summed E-state index contributed by atoms with van der Waals surface area (Å²) in [5.41, 5.74) is 1.45. The monoisotopic (exact) mass is 643 g/mol. The second-order valence-electron chi connectivity index (χ2n) is 14.6. The molecule has 6 rings (SSSR count). The molecule has 47 heavy (non-hydrogen) atoms. The van der Waals surface area contributed by atoms with Crippen LogP contribution in [0.25, 0.3) is 10.9 Å². The molecule has 13 heteroatoms. The van der Waals surface area contributed by atoms with Crippen molar-refractivity contribution in [3.8, 4) is 11.6 Å². The molecule has 1 N–H and O–H groups in total. The summed E-state index contributed by atoms with van der Waals surface area (Å²) in [7, 11) is 0. The van der Waals surface area contributed by atoms with Crippen molar-refractivity contribution < 1.29 is 28.6 Å². The maximum Gasteiger partial charge on any atom is 0.437 e. The molecule has 3 aromatic heterocycles. The summed E-state index contributed by atoms with van der Waals surface area (Å²) in [5.74, 6) is 1.18. The number of carbonyl (C=O) groups excluding carboxylic acids is 3. The molecule has 4 heterocycles. The molecule has 0 unspecified atom stereocenters. The number of nitrogens with one attached hydrogen (secondary N) is 1. The van der Waals surface area contributed by atoms with Gasteiger partial charge in [0, 0.05) is 34.7 Å². The average Bonchev–Trinajstić information content (AvgIpc) is 3.37. The smallest absolute Gasteiger partial charge is 0.437 e. The lowest BCUT2D eigenvalue weighted by atomic mass is 10.00. The average molecular weight is 644 g/mol. The number of hydrogen-bond acceptors (Lipinski definition) is 9. The van der Waals surface area contributed by atoms with Crippen LogP contribution in [0.5, 0.6) is 11.6 Å². The normalized spacial score (nSPS) is 17.2. The number of fused-ring (bicyclic) bond motifs is 2. The van der Waals surface area contributed by atoms with E-state index in [1.807, 2.05) is 33.8 Å². The molecule has 0 bridgehead atoms. The van der Waals surface area contributed by atoms with Gasteiger partial charge in [0.15, 0.2) is 0 Å². The van der Waals surface area contributed by atoms with Gasteiger partial charge in [0.2, 0.25) is 5.88 Å². The molecule has 13 nitrogen and oxygen atoms in total. The number of anilines is 1. The van der Waals surface area contributed by atoms with Crippen LogP contribution in [0, 0.1) is 0 Å². The van der Waals surface area contributed by atoms with Gasteiger partial charge in [-0.05, 0) is 92.0 Å². The number of rotatable bonds is 4. The third-order valence-corrected chi connectivity index (χ3v) is 8.20. The van der Waals surface area contributed by atoms with E-state index in [1.54, 1.807) is 56.1 Å². The van der Waals surface area contributed by atoms with E-state index >= 15 is 0 Å². The Kier molecular flexibility index (Phi) is 7.76. The molecule has 2 amide bonds. The van der Waals surface area contributed by atoms with Crippen LogP contribution in [0.1, 0.15) is 85.2 Å². The van der Waals surface area contributed by atoms with Gasteiger partial charge < -0.3 is 14.2 Å². The summed E-state index contributed by atoms with van der Waals surface area (Å²) in [6, 6.07) is 8.31. The fourth-order valence-electron chi connectivity index (χ4n) is 5.44. The number of aromatic nitrogens is 5. The van der Waals surface area contributed by atoms with Gasteiger partial charge in [-0.1, -0.05) is 6.92 Å². The Hall–Kier alpha value is -4.94. The highest BCUT2D eigenvalue weighted by Crippen LogP contribution is 2.47. The molecule has 1 aromatic carbocycles. The van der Waals surface area contributed by atoms with Gasteiger partial charge >= 0.3 is 18.2 Å². The minimum absolute atomic E-state index is 0.123. The number of ether oxygens (including phenoxy) is 3. The van der Waals surface area contributed by atoms with E-state index < -0.39 is 23.3 Å². The molecule has 1 aliphatic heterocycles. The second kappa shape index (κ2) is 11.4. The van der Waals surface area contributed by atoms with E-state index in [9.17, 15) is 14.4 Å². The van der Waals surface area contributed by atoms with E-state index in [4.69, 9.17) is 14.2 Å². The Bertz CT molecular complexity index is 1880. The summed E-state index contributed by atoms with van der Waals surface area (Å²) in [6.07, 6.45) is 4.45. The predicted octanol–water partition coefficient (Wildman–Crippen LogP) is 7.02. The Balaban J connectivity index is 1.20. The Morgan fingerprint density at radius 3 is 2.34 bits per heavy atom. The van der Waals surface area contributed by atoms with Crippen molar-refractivity contribution in [1.29, 1.82) is 0 Å². The van der Waals surface area contributed by atoms with Gasteiger partial charge in [-0.2, -0.15) is 5.10 Å². The summed E-state index contributed by atoms with van der Waals surface area (Å²) in [4.78, 5) is 49.8. The maximum absolute atomic E-state index is 13.5. The number of carbonyl (C=O) groups is 3. The van der Waals surface area contributed by atoms with Crippen LogP contribution in [-0.4, -0.2) is 64.7 Å². The fraction of sp³-hybridized carbons (Fsp3) is 0.471. The first-order chi connectivity index (χ1) is 22.0. The van der Waals surface area contributed by atoms with Crippen molar-refractivity contribution in [3.63, 3.8) is 0 Å². The van der Waals surface area contributed by atoms with Crippen molar-refractivity contribution in [1.82, 2.24) is 29.2 Å². The van der Waals surface area contributed by atoms with Crippen LogP contribution in [0.15, 0.2) is 42.9 Å². The lowest BCUT2D eigenvalue weighted by Gasteiger charge is -2.35. The highest BCUT2D eigenvalue weighted by molar-refractivity contribution is 5.99. The number of nitrogens with zero attached hydrogens (tertiary/aromatic N) is 6. The van der Waals surface area contributed by atoms with Crippen LogP contribution in [0.2, 0.25) is 0 Å². The molecule has 0 radical (unpaired) electrons. The van der Waals surface area contributed by atoms with E-state index in [0.717, 1.165) is 34.2 Å². The van der Waals surface area contributed by atoms with Gasteiger partial charge in [-0.15, -0.1) is 4.68 Å². The highest BCUT2D eigenvalue weighted by Gasteiger charge is 2.42. The predicted molar refractivity (Wildman–Crippen MR) is 174 cm³/mol. The Morgan fingerprint density at radius 2 is 1.66 bits per heavy atom. The first kappa shape index (κ1) is 32.0. The van der Waals surface area contributed by atoms with Crippen molar-refractivity contribution in [2.75, 3.05) is 5.32 Å². The standard InChI is InChI=1S/C34H41N7O6/c1-20-15-23-24(18-40(20)30(43)46-32(2,3)4)35-19-36-28(23)45-22-9-10-25-21(16-22)11-14-39(25)29(42)37-27-17-26(34(8)12-13-34)38-41(27)31(44)47-33(5,6)7/h9-11,14,16-17,19-20H,12-13,15,18H2,1-8H3,(H,37,42)/t20-/m0/s1. The zero-order valence-corrected chi connectivity index (χ0v) is 28.1. The van der Waals surface area contributed by atoms with E-state index in [-0.39, 0.29) is 29.9 Å². The lowest BCUT2D eigenvalue weighted by Crippen LogP contribution is -2.45. The Morgan fingerprint density at radius 1 is 0.957 bits per heavy atom. The van der Waals surface area contributed by atoms with Crippen LogP contribution < -0.4 is 10.1 Å². The molecule has 2 aliphatic rings. The van der Waals surface area contributed by atoms with Crippen LogP contribution in [0.3, 0.4) is 0 Å². The molecule has 0 saturated heterocycles. The van der Waals surface area contributed by atoms with Crippen molar-refractivity contribution in [2.24, 2.45) is 0 Å². The van der Waals surface area contributed by atoms with Crippen LogP contribution >= 0.6 is 0 Å². The van der Waals surface area contributed by atoms with E-state index in [2.05, 4.69) is 27.3 Å². The minimum atomic E-state index is -0.728. The molecule has 1 saturated carbocycles. The molecule has 248 valence electrons. The zero-order valence-electron chi connectivity index (χ0n) is 28.1. The van der Waals surface area contributed by atoms with Crippen LogP contribution in [-0.2, 0) is 27.9 Å². The third kappa shape index (κ3) is 6.79. The molecule has 1 aliphatic carbocycles. The topological polar surface area (TPSA) is 143 Å². The van der Waals surface area contributed by atoms with Crippen molar-refractivity contribution in [2.45, 2.75) is 104 Å². The summed E-state index contributed by atoms with van der Waals surface area (Å²) < 4.78 is 20.0. The van der Waals surface area contributed by atoms with Gasteiger partial charge in [-0.25, -0.2) is 24.4 Å². The van der Waals surface area contributed by atoms with Gasteiger partial charge in [0.25, 0.3) is 0 Å². The molecule has 1 fully saturated rings.